The number of carbonyl (C=O) groups is 1. The summed E-state index contributed by atoms with van der Waals surface area (Å²) in [4.78, 5) is 20.7. The minimum Gasteiger partial charge on any atom is -0.495 e. The van der Waals surface area contributed by atoms with Crippen molar-refractivity contribution in [2.75, 3.05) is 24.3 Å². The molecule has 0 unspecified atom stereocenters. The fourth-order valence-electron chi connectivity index (χ4n) is 2.23. The Hall–Kier alpha value is -2.63. The van der Waals surface area contributed by atoms with Gasteiger partial charge in [0, 0.05) is 6.54 Å². The average molecular weight is 328 g/mol. The minimum atomic E-state index is -0.316. The molecule has 1 heterocycles. The smallest absolute Gasteiger partial charge is 0.275 e. The van der Waals surface area contributed by atoms with Crippen LogP contribution < -0.4 is 15.4 Å². The number of hydrogen-bond donors (Lipinski definition) is 2. The van der Waals surface area contributed by atoms with Crippen LogP contribution in [-0.4, -0.2) is 29.5 Å². The molecule has 2 N–H and O–H groups in total. The average Bonchev–Trinajstić information content (AvgIpc) is 2.59. The Kier molecular flexibility index (Phi) is 6.54. The van der Waals surface area contributed by atoms with Crippen LogP contribution in [0, 0.1) is 6.92 Å². The van der Waals surface area contributed by atoms with Gasteiger partial charge in [-0.05, 0) is 31.0 Å². The standard InChI is InChI=1S/C18H24N4O2/c1-4-5-6-9-19-17-12-20-15(11-21-17)18(23)22-14-10-13(2)7-8-16(14)24-3/h7-8,10-12H,4-6,9H2,1-3H3,(H,19,21)(H,22,23). The molecule has 0 aliphatic heterocycles. The highest BCUT2D eigenvalue weighted by molar-refractivity contribution is 6.03. The summed E-state index contributed by atoms with van der Waals surface area (Å²) in [5.41, 5.74) is 1.91. The highest BCUT2D eigenvalue weighted by Gasteiger charge is 2.11. The van der Waals surface area contributed by atoms with Crippen molar-refractivity contribution in [1.29, 1.82) is 0 Å². The summed E-state index contributed by atoms with van der Waals surface area (Å²) in [7, 11) is 1.57. The fourth-order valence-corrected chi connectivity index (χ4v) is 2.23. The van der Waals surface area contributed by atoms with E-state index in [1.54, 1.807) is 13.3 Å². The molecule has 6 heteroatoms. The normalized spacial score (nSPS) is 10.3. The van der Waals surface area contributed by atoms with E-state index in [-0.39, 0.29) is 11.6 Å². The number of methoxy groups -OCH3 is 1. The molecule has 0 spiro atoms. The van der Waals surface area contributed by atoms with Crippen molar-refractivity contribution >= 4 is 17.4 Å². The lowest BCUT2D eigenvalue weighted by atomic mass is 10.2. The van der Waals surface area contributed by atoms with Crippen LogP contribution in [0.5, 0.6) is 5.75 Å². The Labute approximate surface area is 142 Å². The summed E-state index contributed by atoms with van der Waals surface area (Å²) < 4.78 is 5.26. The number of rotatable bonds is 8. The van der Waals surface area contributed by atoms with Crippen molar-refractivity contribution in [1.82, 2.24) is 9.97 Å². The van der Waals surface area contributed by atoms with Gasteiger partial charge in [-0.25, -0.2) is 9.97 Å². The quantitative estimate of drug-likeness (QED) is 0.723. The lowest BCUT2D eigenvalue weighted by molar-refractivity contribution is 0.102. The Morgan fingerprint density at radius 3 is 2.71 bits per heavy atom. The van der Waals surface area contributed by atoms with Crippen LogP contribution in [0.3, 0.4) is 0 Å². The molecule has 0 fully saturated rings. The molecule has 0 saturated heterocycles. The van der Waals surface area contributed by atoms with Gasteiger partial charge in [-0.1, -0.05) is 25.8 Å². The summed E-state index contributed by atoms with van der Waals surface area (Å²) in [6.07, 6.45) is 6.50. The second kappa shape index (κ2) is 8.86. The van der Waals surface area contributed by atoms with Crippen LogP contribution in [0.4, 0.5) is 11.5 Å². The van der Waals surface area contributed by atoms with Crippen LogP contribution in [0.1, 0.15) is 42.2 Å². The zero-order chi connectivity index (χ0) is 17.4. The Morgan fingerprint density at radius 1 is 1.21 bits per heavy atom. The summed E-state index contributed by atoms with van der Waals surface area (Å²) in [6, 6.07) is 5.60. The number of nitrogens with zero attached hydrogens (tertiary/aromatic N) is 2. The monoisotopic (exact) mass is 328 g/mol. The summed E-state index contributed by atoms with van der Waals surface area (Å²) in [5, 5.41) is 6.01. The summed E-state index contributed by atoms with van der Waals surface area (Å²) in [5.74, 6) is 0.968. The molecule has 6 nitrogen and oxygen atoms in total. The van der Waals surface area contributed by atoms with E-state index in [4.69, 9.17) is 4.74 Å². The first-order valence-corrected chi connectivity index (χ1v) is 8.16. The lowest BCUT2D eigenvalue weighted by Gasteiger charge is -2.11. The molecule has 0 atom stereocenters. The first-order chi connectivity index (χ1) is 11.6. The van der Waals surface area contributed by atoms with Gasteiger partial charge >= 0.3 is 0 Å². The van der Waals surface area contributed by atoms with E-state index in [2.05, 4.69) is 27.5 Å². The van der Waals surface area contributed by atoms with E-state index in [1.807, 2.05) is 25.1 Å². The van der Waals surface area contributed by atoms with E-state index in [9.17, 15) is 4.79 Å². The van der Waals surface area contributed by atoms with Gasteiger partial charge in [0.05, 0.1) is 25.2 Å². The third-order valence-electron chi connectivity index (χ3n) is 3.57. The Bertz CT molecular complexity index is 671. The van der Waals surface area contributed by atoms with Crippen LogP contribution in [0.15, 0.2) is 30.6 Å². The number of ether oxygens (including phenoxy) is 1. The number of carbonyl (C=O) groups excluding carboxylic acids is 1. The molecule has 1 aromatic heterocycles. The first-order valence-electron chi connectivity index (χ1n) is 8.16. The first kappa shape index (κ1) is 17.7. The molecule has 0 aliphatic rings. The molecule has 24 heavy (non-hydrogen) atoms. The molecule has 0 saturated carbocycles. The van der Waals surface area contributed by atoms with Gasteiger partial charge in [-0.2, -0.15) is 0 Å². The Morgan fingerprint density at radius 2 is 2.04 bits per heavy atom. The van der Waals surface area contributed by atoms with Crippen molar-refractivity contribution < 1.29 is 9.53 Å². The number of benzene rings is 1. The molecule has 1 aromatic carbocycles. The van der Waals surface area contributed by atoms with Crippen LogP contribution >= 0.6 is 0 Å². The number of hydrogen-bond acceptors (Lipinski definition) is 5. The fraction of sp³-hybridized carbons (Fsp3) is 0.389. The number of aryl methyl sites for hydroxylation is 1. The topological polar surface area (TPSA) is 76.1 Å². The maximum absolute atomic E-state index is 12.3. The number of unbranched alkanes of at least 4 members (excludes halogenated alkanes) is 2. The molecule has 0 radical (unpaired) electrons. The third-order valence-corrected chi connectivity index (χ3v) is 3.57. The number of aromatic nitrogens is 2. The largest absolute Gasteiger partial charge is 0.495 e. The van der Waals surface area contributed by atoms with Crippen molar-refractivity contribution in [2.24, 2.45) is 0 Å². The third kappa shape index (κ3) is 4.94. The maximum atomic E-state index is 12.3. The molecule has 0 aliphatic carbocycles. The van der Waals surface area contributed by atoms with E-state index in [0.29, 0.717) is 17.3 Å². The van der Waals surface area contributed by atoms with Crippen molar-refractivity contribution in [2.45, 2.75) is 33.1 Å². The van der Waals surface area contributed by atoms with Gasteiger partial charge in [0.1, 0.15) is 17.3 Å². The zero-order valence-electron chi connectivity index (χ0n) is 14.4. The van der Waals surface area contributed by atoms with Crippen LogP contribution in [0.2, 0.25) is 0 Å². The van der Waals surface area contributed by atoms with Crippen molar-refractivity contribution in [3.8, 4) is 5.75 Å². The number of anilines is 2. The van der Waals surface area contributed by atoms with E-state index < -0.39 is 0 Å². The van der Waals surface area contributed by atoms with Crippen molar-refractivity contribution in [3.05, 3.63) is 41.9 Å². The summed E-state index contributed by atoms with van der Waals surface area (Å²) in [6.45, 7) is 4.97. The molecule has 0 bridgehead atoms. The van der Waals surface area contributed by atoms with E-state index in [1.165, 1.54) is 19.0 Å². The van der Waals surface area contributed by atoms with Gasteiger partial charge in [0.2, 0.25) is 0 Å². The van der Waals surface area contributed by atoms with Gasteiger partial charge < -0.3 is 15.4 Å². The molecule has 128 valence electrons. The molecule has 2 rings (SSSR count). The highest BCUT2D eigenvalue weighted by atomic mass is 16.5. The zero-order valence-corrected chi connectivity index (χ0v) is 14.4. The molecule has 1 amide bonds. The number of nitrogens with one attached hydrogen (secondary N) is 2. The molecule has 2 aromatic rings. The van der Waals surface area contributed by atoms with Gasteiger partial charge in [0.15, 0.2) is 0 Å². The highest BCUT2D eigenvalue weighted by Crippen LogP contribution is 2.25. The van der Waals surface area contributed by atoms with Gasteiger partial charge in [-0.3, -0.25) is 4.79 Å². The van der Waals surface area contributed by atoms with Crippen LogP contribution in [-0.2, 0) is 0 Å². The van der Waals surface area contributed by atoms with E-state index >= 15 is 0 Å². The van der Waals surface area contributed by atoms with Crippen LogP contribution in [0.25, 0.3) is 0 Å². The predicted molar refractivity (Wildman–Crippen MR) is 95.7 cm³/mol. The predicted octanol–water partition coefficient (Wildman–Crippen LogP) is 3.65. The second-order valence-corrected chi connectivity index (χ2v) is 5.58. The molecular formula is C18H24N4O2. The number of amides is 1. The lowest BCUT2D eigenvalue weighted by Crippen LogP contribution is -2.15. The second-order valence-electron chi connectivity index (χ2n) is 5.58. The maximum Gasteiger partial charge on any atom is 0.275 e. The SMILES string of the molecule is CCCCCNc1cnc(C(=O)Nc2cc(C)ccc2OC)cn1. The summed E-state index contributed by atoms with van der Waals surface area (Å²) >= 11 is 0. The van der Waals surface area contributed by atoms with E-state index in [0.717, 1.165) is 18.5 Å². The minimum absolute atomic E-state index is 0.262. The van der Waals surface area contributed by atoms with Gasteiger partial charge in [-0.15, -0.1) is 0 Å². The van der Waals surface area contributed by atoms with Crippen molar-refractivity contribution in [3.63, 3.8) is 0 Å². The van der Waals surface area contributed by atoms with Gasteiger partial charge in [0.25, 0.3) is 5.91 Å². The Balaban J connectivity index is 1.99. The molecular weight excluding hydrogens is 304 g/mol.